The highest BCUT2D eigenvalue weighted by Gasteiger charge is 2.46. The Labute approximate surface area is 105 Å². The summed E-state index contributed by atoms with van der Waals surface area (Å²) in [6.07, 6.45) is 3.61. The Kier molecular flexibility index (Phi) is 2.68. The Morgan fingerprint density at radius 2 is 1.53 bits per heavy atom. The van der Waals surface area contributed by atoms with Crippen molar-refractivity contribution in [3.8, 4) is 0 Å². The highest BCUT2D eigenvalue weighted by atomic mass is 15.1. The molecule has 0 saturated carbocycles. The van der Waals surface area contributed by atoms with Gasteiger partial charge in [-0.05, 0) is 13.8 Å². The topological polar surface area (TPSA) is 3.01 Å². The second-order valence-electron chi connectivity index (χ2n) is 6.72. The number of hydrogen-bond acceptors (Lipinski definition) is 0. The lowest BCUT2D eigenvalue weighted by atomic mass is 9.85. The maximum atomic E-state index is 2.48. The first-order chi connectivity index (χ1) is 7.73. The zero-order chi connectivity index (χ0) is 12.8. The average Bonchev–Trinajstić information content (AvgIpc) is 2.34. The largest absolute Gasteiger partial charge is 0.211 e. The van der Waals surface area contributed by atoms with Crippen LogP contribution < -0.4 is 0 Å². The van der Waals surface area contributed by atoms with Crippen molar-refractivity contribution in [1.29, 1.82) is 0 Å². The van der Waals surface area contributed by atoms with Crippen molar-refractivity contribution in [2.45, 2.75) is 53.5 Å². The smallest absolute Gasteiger partial charge is 0.197 e. The molecule has 92 valence electrons. The van der Waals surface area contributed by atoms with Crippen molar-refractivity contribution in [1.82, 2.24) is 0 Å². The summed E-state index contributed by atoms with van der Waals surface area (Å²) in [6.45, 7) is 13.7. The molecule has 1 aliphatic heterocycles. The van der Waals surface area contributed by atoms with Gasteiger partial charge < -0.3 is 0 Å². The van der Waals surface area contributed by atoms with Gasteiger partial charge in [-0.2, -0.15) is 4.58 Å². The molecule has 2 rings (SSSR count). The lowest BCUT2D eigenvalue weighted by molar-refractivity contribution is -0.512. The van der Waals surface area contributed by atoms with E-state index in [1.807, 2.05) is 0 Å². The van der Waals surface area contributed by atoms with Crippen LogP contribution in [0.4, 0.5) is 5.69 Å². The maximum absolute atomic E-state index is 2.48. The van der Waals surface area contributed by atoms with Crippen LogP contribution in [0, 0.1) is 19.3 Å². The molecule has 0 radical (unpaired) electrons. The number of para-hydroxylation sites is 1. The van der Waals surface area contributed by atoms with Crippen LogP contribution in [0.3, 0.4) is 0 Å². The lowest BCUT2D eigenvalue weighted by Gasteiger charge is -2.20. The van der Waals surface area contributed by atoms with Gasteiger partial charge in [0.25, 0.3) is 0 Å². The standard InChI is InChI=1S/C16H24N/c1-12-8-7-9-13(2)14(12)17-11-15(3,4)10-16(17,5)6/h7-9,11H,10H2,1-6H3/q+1. The first kappa shape index (κ1) is 12.3. The number of aryl methyl sites for hydroxylation is 2. The fourth-order valence-corrected chi connectivity index (χ4v) is 3.32. The Hall–Kier alpha value is -1.11. The predicted octanol–water partition coefficient (Wildman–Crippen LogP) is 4.23. The van der Waals surface area contributed by atoms with E-state index in [1.54, 1.807) is 0 Å². The van der Waals surface area contributed by atoms with Gasteiger partial charge in [0.2, 0.25) is 5.69 Å². The molecular formula is C16H24N+. The summed E-state index contributed by atoms with van der Waals surface area (Å²) in [5, 5.41) is 0. The van der Waals surface area contributed by atoms with Gasteiger partial charge in [-0.25, -0.2) is 0 Å². The summed E-state index contributed by atoms with van der Waals surface area (Å²) in [4.78, 5) is 0. The van der Waals surface area contributed by atoms with Gasteiger partial charge in [-0.1, -0.05) is 32.0 Å². The number of benzene rings is 1. The van der Waals surface area contributed by atoms with E-state index in [-0.39, 0.29) is 11.0 Å². The minimum atomic E-state index is 0.209. The van der Waals surface area contributed by atoms with E-state index in [2.05, 4.69) is 70.5 Å². The second-order valence-corrected chi connectivity index (χ2v) is 6.72. The predicted molar refractivity (Wildman–Crippen MR) is 74.4 cm³/mol. The van der Waals surface area contributed by atoms with Crippen molar-refractivity contribution in [2.75, 3.05) is 0 Å². The zero-order valence-electron chi connectivity index (χ0n) is 12.0. The molecule has 0 aromatic heterocycles. The molecule has 0 bridgehead atoms. The van der Waals surface area contributed by atoms with Gasteiger partial charge in [-0.15, -0.1) is 0 Å². The Morgan fingerprint density at radius 3 is 1.94 bits per heavy atom. The molecule has 0 aliphatic carbocycles. The van der Waals surface area contributed by atoms with Crippen LogP contribution in [-0.4, -0.2) is 16.3 Å². The molecule has 1 aromatic carbocycles. The van der Waals surface area contributed by atoms with E-state index in [9.17, 15) is 0 Å². The molecule has 0 unspecified atom stereocenters. The summed E-state index contributed by atoms with van der Waals surface area (Å²) in [7, 11) is 0. The normalized spacial score (nSPS) is 21.4. The van der Waals surface area contributed by atoms with E-state index in [1.165, 1.54) is 23.2 Å². The Balaban J connectivity index is 2.61. The van der Waals surface area contributed by atoms with Crippen molar-refractivity contribution in [3.05, 3.63) is 29.3 Å². The SMILES string of the molecule is Cc1cccc(C)c1[N+]1=CC(C)(C)CC1(C)C. The van der Waals surface area contributed by atoms with Crippen LogP contribution in [0.2, 0.25) is 0 Å². The van der Waals surface area contributed by atoms with Gasteiger partial charge in [0.15, 0.2) is 11.8 Å². The Morgan fingerprint density at radius 1 is 1.00 bits per heavy atom. The summed E-state index contributed by atoms with van der Waals surface area (Å²) in [6, 6.07) is 6.55. The molecule has 1 aromatic rings. The van der Waals surface area contributed by atoms with Crippen LogP contribution in [0.25, 0.3) is 0 Å². The lowest BCUT2D eigenvalue weighted by Crippen LogP contribution is -2.30. The van der Waals surface area contributed by atoms with E-state index in [4.69, 9.17) is 0 Å². The van der Waals surface area contributed by atoms with Crippen LogP contribution in [0.15, 0.2) is 18.2 Å². The first-order valence-electron chi connectivity index (χ1n) is 6.45. The van der Waals surface area contributed by atoms with E-state index in [0.29, 0.717) is 0 Å². The third-order valence-electron chi connectivity index (χ3n) is 3.70. The molecule has 0 amide bonds. The van der Waals surface area contributed by atoms with Crippen LogP contribution in [0.1, 0.15) is 45.2 Å². The van der Waals surface area contributed by atoms with Gasteiger partial charge in [0, 0.05) is 36.8 Å². The van der Waals surface area contributed by atoms with Crippen LogP contribution in [-0.2, 0) is 0 Å². The number of nitrogens with zero attached hydrogens (tertiary/aromatic N) is 1. The molecule has 0 atom stereocenters. The average molecular weight is 230 g/mol. The first-order valence-corrected chi connectivity index (χ1v) is 6.45. The van der Waals surface area contributed by atoms with E-state index in [0.717, 1.165) is 0 Å². The summed E-state index contributed by atoms with van der Waals surface area (Å²) in [5.41, 5.74) is 4.63. The van der Waals surface area contributed by atoms with E-state index >= 15 is 0 Å². The minimum absolute atomic E-state index is 0.209. The summed E-state index contributed by atoms with van der Waals surface area (Å²) < 4.78 is 2.48. The van der Waals surface area contributed by atoms with Gasteiger partial charge in [0.1, 0.15) is 0 Å². The van der Waals surface area contributed by atoms with Gasteiger partial charge in [-0.3, -0.25) is 0 Å². The van der Waals surface area contributed by atoms with Gasteiger partial charge >= 0.3 is 0 Å². The Bertz CT molecular complexity index is 458. The molecule has 0 fully saturated rings. The third kappa shape index (κ3) is 2.15. The fourth-order valence-electron chi connectivity index (χ4n) is 3.32. The number of hydrogen-bond donors (Lipinski definition) is 0. The maximum Gasteiger partial charge on any atom is 0.211 e. The molecular weight excluding hydrogens is 206 g/mol. The molecule has 0 saturated heterocycles. The molecule has 1 nitrogen and oxygen atoms in total. The van der Waals surface area contributed by atoms with Crippen molar-refractivity contribution < 1.29 is 4.58 Å². The number of rotatable bonds is 1. The van der Waals surface area contributed by atoms with Gasteiger partial charge in [0.05, 0.1) is 0 Å². The molecule has 17 heavy (non-hydrogen) atoms. The molecule has 0 spiro atoms. The third-order valence-corrected chi connectivity index (χ3v) is 3.70. The quantitative estimate of drug-likeness (QED) is 0.635. The fraction of sp³-hybridized carbons (Fsp3) is 0.562. The molecule has 1 heterocycles. The monoisotopic (exact) mass is 230 g/mol. The van der Waals surface area contributed by atoms with Crippen molar-refractivity contribution >= 4 is 11.9 Å². The minimum Gasteiger partial charge on any atom is -0.197 e. The van der Waals surface area contributed by atoms with Crippen LogP contribution in [0.5, 0.6) is 0 Å². The highest BCUT2D eigenvalue weighted by molar-refractivity contribution is 5.65. The second kappa shape index (κ2) is 3.69. The summed E-state index contributed by atoms with van der Waals surface area (Å²) in [5.74, 6) is 0. The zero-order valence-corrected chi connectivity index (χ0v) is 12.0. The van der Waals surface area contributed by atoms with Crippen LogP contribution >= 0.6 is 0 Å². The molecule has 0 N–H and O–H groups in total. The van der Waals surface area contributed by atoms with E-state index < -0.39 is 0 Å². The van der Waals surface area contributed by atoms with Crippen molar-refractivity contribution in [2.24, 2.45) is 5.41 Å². The molecule has 1 aliphatic rings. The summed E-state index contributed by atoms with van der Waals surface area (Å²) >= 11 is 0. The van der Waals surface area contributed by atoms with Crippen molar-refractivity contribution in [3.63, 3.8) is 0 Å². The highest BCUT2D eigenvalue weighted by Crippen LogP contribution is 2.40. The molecule has 1 heteroatoms.